The molecule has 1 unspecified atom stereocenters. The Bertz CT molecular complexity index is 377. The number of hydrogen-bond acceptors (Lipinski definition) is 2. The first-order valence-corrected chi connectivity index (χ1v) is 6.74. The first-order chi connectivity index (χ1) is 7.58. The summed E-state index contributed by atoms with van der Waals surface area (Å²) in [5.41, 5.74) is 5.17. The van der Waals surface area contributed by atoms with Crippen LogP contribution in [-0.4, -0.2) is 0 Å². The van der Waals surface area contributed by atoms with Crippen LogP contribution in [0.4, 0.5) is 0 Å². The maximum absolute atomic E-state index is 5.60. The average molecular weight is 348 g/mol. The minimum absolute atomic E-state index is 0.0966. The number of benzene rings is 1. The van der Waals surface area contributed by atoms with E-state index >= 15 is 0 Å². The number of halogens is 2. The molecule has 16 heavy (non-hydrogen) atoms. The Balaban J connectivity index is 2.94. The normalized spacial score (nSPS) is 12.5. The molecule has 0 radical (unpaired) electrons. The van der Waals surface area contributed by atoms with E-state index in [0.29, 0.717) is 0 Å². The summed E-state index contributed by atoms with van der Waals surface area (Å²) in [5.74, 6) is 5.60. The molecule has 0 aromatic heterocycles. The Morgan fingerprint density at radius 3 is 2.75 bits per heavy atom. The minimum atomic E-state index is 0.0966. The fraction of sp³-hybridized carbons (Fsp3) is 0.333. The maximum atomic E-state index is 5.60. The third-order valence-electron chi connectivity index (χ3n) is 2.53. The smallest absolute Gasteiger partial charge is 0.0508 e. The zero-order valence-corrected chi connectivity index (χ0v) is 12.4. The summed E-state index contributed by atoms with van der Waals surface area (Å²) in [6.07, 6.45) is 1.83. The van der Waals surface area contributed by atoms with Gasteiger partial charge in [-0.15, -0.1) is 0 Å². The van der Waals surface area contributed by atoms with E-state index in [4.69, 9.17) is 5.84 Å². The van der Waals surface area contributed by atoms with Crippen molar-refractivity contribution in [3.63, 3.8) is 0 Å². The van der Waals surface area contributed by atoms with E-state index in [1.165, 1.54) is 5.57 Å². The number of nitrogens with one attached hydrogen (secondary N) is 1. The molecule has 0 aliphatic heterocycles. The van der Waals surface area contributed by atoms with Crippen LogP contribution >= 0.6 is 31.9 Å². The molecule has 1 rings (SSSR count). The Labute approximate surface area is 114 Å². The van der Waals surface area contributed by atoms with Crippen molar-refractivity contribution >= 4 is 31.9 Å². The molecule has 0 amide bonds. The number of rotatable bonds is 5. The number of nitrogens with two attached hydrogens (primary N) is 1. The van der Waals surface area contributed by atoms with Gasteiger partial charge in [0.2, 0.25) is 0 Å². The molecule has 0 aliphatic carbocycles. The standard InChI is InChI=1S/C12H16Br2N2/c1-3-8(2)6-12(16-15)10-7-9(13)4-5-11(10)14/h4-5,7,12,16H,2-3,6,15H2,1H3. The maximum Gasteiger partial charge on any atom is 0.0508 e. The highest BCUT2D eigenvalue weighted by atomic mass is 79.9. The van der Waals surface area contributed by atoms with Gasteiger partial charge in [0.05, 0.1) is 6.04 Å². The van der Waals surface area contributed by atoms with Crippen LogP contribution in [0.15, 0.2) is 39.3 Å². The molecule has 4 heteroatoms. The lowest BCUT2D eigenvalue weighted by molar-refractivity contribution is 0.542. The number of hydrogen-bond donors (Lipinski definition) is 2. The summed E-state index contributed by atoms with van der Waals surface area (Å²) >= 11 is 7.00. The molecule has 0 heterocycles. The zero-order chi connectivity index (χ0) is 12.1. The zero-order valence-electron chi connectivity index (χ0n) is 9.26. The van der Waals surface area contributed by atoms with E-state index in [9.17, 15) is 0 Å². The van der Waals surface area contributed by atoms with Gasteiger partial charge in [0.15, 0.2) is 0 Å². The van der Waals surface area contributed by atoms with Crippen LogP contribution in [-0.2, 0) is 0 Å². The Morgan fingerprint density at radius 2 is 2.19 bits per heavy atom. The fourth-order valence-electron chi connectivity index (χ4n) is 1.47. The quantitative estimate of drug-likeness (QED) is 0.478. The number of hydrazine groups is 1. The summed E-state index contributed by atoms with van der Waals surface area (Å²) in [4.78, 5) is 0. The molecule has 1 atom stereocenters. The van der Waals surface area contributed by atoms with Crippen LogP contribution in [0.2, 0.25) is 0 Å². The topological polar surface area (TPSA) is 38.0 Å². The molecule has 0 fully saturated rings. The van der Waals surface area contributed by atoms with Crippen molar-refractivity contribution in [2.24, 2.45) is 5.84 Å². The molecule has 1 aromatic carbocycles. The second kappa shape index (κ2) is 6.55. The summed E-state index contributed by atoms with van der Waals surface area (Å²) in [5, 5.41) is 0. The van der Waals surface area contributed by atoms with Gasteiger partial charge in [-0.3, -0.25) is 11.3 Å². The summed E-state index contributed by atoms with van der Waals surface area (Å²) in [6.45, 7) is 6.12. The lowest BCUT2D eigenvalue weighted by atomic mass is 9.99. The molecular formula is C12H16Br2N2. The molecule has 0 saturated carbocycles. The van der Waals surface area contributed by atoms with E-state index in [2.05, 4.69) is 56.9 Å². The molecule has 88 valence electrons. The van der Waals surface area contributed by atoms with Gasteiger partial charge in [0.25, 0.3) is 0 Å². The fourth-order valence-corrected chi connectivity index (χ4v) is 2.38. The van der Waals surface area contributed by atoms with Crippen molar-refractivity contribution in [3.8, 4) is 0 Å². The predicted octanol–water partition coefficient (Wildman–Crippen LogP) is 4.07. The SMILES string of the molecule is C=C(CC)CC(NN)c1cc(Br)ccc1Br. The van der Waals surface area contributed by atoms with Gasteiger partial charge in [0.1, 0.15) is 0 Å². The molecule has 0 bridgehead atoms. The van der Waals surface area contributed by atoms with Crippen LogP contribution < -0.4 is 11.3 Å². The molecule has 2 nitrogen and oxygen atoms in total. The predicted molar refractivity (Wildman–Crippen MR) is 76.0 cm³/mol. The second-order valence-electron chi connectivity index (χ2n) is 3.69. The minimum Gasteiger partial charge on any atom is -0.271 e. The molecular weight excluding hydrogens is 332 g/mol. The van der Waals surface area contributed by atoms with E-state index in [1.54, 1.807) is 0 Å². The van der Waals surface area contributed by atoms with Gasteiger partial charge in [-0.1, -0.05) is 50.9 Å². The summed E-state index contributed by atoms with van der Waals surface area (Å²) < 4.78 is 2.11. The highest BCUT2D eigenvalue weighted by molar-refractivity contribution is 9.11. The Hall–Kier alpha value is -0.160. The van der Waals surface area contributed by atoms with E-state index in [1.807, 2.05) is 12.1 Å². The van der Waals surface area contributed by atoms with Crippen LogP contribution in [0.25, 0.3) is 0 Å². The molecule has 0 saturated heterocycles. The second-order valence-corrected chi connectivity index (χ2v) is 5.46. The van der Waals surface area contributed by atoms with Gasteiger partial charge in [0, 0.05) is 8.95 Å². The lowest BCUT2D eigenvalue weighted by Crippen LogP contribution is -2.28. The molecule has 0 aliphatic rings. The first-order valence-electron chi connectivity index (χ1n) is 5.16. The molecule has 3 N–H and O–H groups in total. The van der Waals surface area contributed by atoms with Crippen LogP contribution in [0.3, 0.4) is 0 Å². The highest BCUT2D eigenvalue weighted by Gasteiger charge is 2.14. The monoisotopic (exact) mass is 346 g/mol. The average Bonchev–Trinajstić information content (AvgIpc) is 2.29. The van der Waals surface area contributed by atoms with Crippen molar-refractivity contribution in [2.75, 3.05) is 0 Å². The van der Waals surface area contributed by atoms with E-state index in [-0.39, 0.29) is 6.04 Å². The summed E-state index contributed by atoms with van der Waals surface area (Å²) in [6, 6.07) is 6.17. The van der Waals surface area contributed by atoms with Gasteiger partial charge in [-0.2, -0.15) is 0 Å². The van der Waals surface area contributed by atoms with Crippen LogP contribution in [0.1, 0.15) is 31.4 Å². The first kappa shape index (κ1) is 13.9. The van der Waals surface area contributed by atoms with Gasteiger partial charge in [-0.05, 0) is 36.6 Å². The van der Waals surface area contributed by atoms with Crippen LogP contribution in [0.5, 0.6) is 0 Å². The third-order valence-corrected chi connectivity index (χ3v) is 3.74. The van der Waals surface area contributed by atoms with Gasteiger partial charge >= 0.3 is 0 Å². The Morgan fingerprint density at radius 1 is 1.50 bits per heavy atom. The van der Waals surface area contributed by atoms with Crippen LogP contribution in [0, 0.1) is 0 Å². The van der Waals surface area contributed by atoms with Crippen molar-refractivity contribution in [1.29, 1.82) is 0 Å². The summed E-state index contributed by atoms with van der Waals surface area (Å²) in [7, 11) is 0. The van der Waals surface area contributed by atoms with Crippen molar-refractivity contribution in [3.05, 3.63) is 44.9 Å². The largest absolute Gasteiger partial charge is 0.271 e. The molecule has 1 aromatic rings. The third kappa shape index (κ3) is 3.70. The van der Waals surface area contributed by atoms with Crippen molar-refractivity contribution < 1.29 is 0 Å². The van der Waals surface area contributed by atoms with E-state index in [0.717, 1.165) is 27.4 Å². The van der Waals surface area contributed by atoms with E-state index < -0.39 is 0 Å². The van der Waals surface area contributed by atoms with Crippen molar-refractivity contribution in [2.45, 2.75) is 25.8 Å². The Kier molecular flexibility index (Phi) is 5.69. The van der Waals surface area contributed by atoms with Crippen molar-refractivity contribution in [1.82, 2.24) is 5.43 Å². The lowest BCUT2D eigenvalue weighted by Gasteiger charge is -2.19. The van der Waals surface area contributed by atoms with Gasteiger partial charge in [-0.25, -0.2) is 0 Å². The molecule has 0 spiro atoms. The highest BCUT2D eigenvalue weighted by Crippen LogP contribution is 2.30. The van der Waals surface area contributed by atoms with Gasteiger partial charge < -0.3 is 0 Å².